The molecule has 1 aliphatic heterocycles. The number of hydrogen-bond donors (Lipinski definition) is 3. The van der Waals surface area contributed by atoms with Gasteiger partial charge in [0.2, 0.25) is 0 Å². The number of hydrogen-bond acceptors (Lipinski definition) is 6. The van der Waals surface area contributed by atoms with Gasteiger partial charge < -0.3 is 19.8 Å². The van der Waals surface area contributed by atoms with Crippen LogP contribution in [0.5, 0.6) is 5.75 Å². The number of furan rings is 1. The lowest BCUT2D eigenvalue weighted by molar-refractivity contribution is -0.158. The fourth-order valence-corrected chi connectivity index (χ4v) is 3.52. The summed E-state index contributed by atoms with van der Waals surface area (Å²) in [6, 6.07) is 4.63. The van der Waals surface area contributed by atoms with Gasteiger partial charge in [-0.1, -0.05) is 20.3 Å². The first-order valence-electron chi connectivity index (χ1n) is 11.1. The molecule has 174 valence electrons. The first kappa shape index (κ1) is 23.7. The van der Waals surface area contributed by atoms with E-state index in [2.05, 4.69) is 24.5 Å². The molecular weight excluding hydrogens is 410 g/mol. The molecule has 0 saturated carbocycles. The first-order chi connectivity index (χ1) is 15.2. The van der Waals surface area contributed by atoms with E-state index < -0.39 is 17.9 Å². The minimum absolute atomic E-state index is 0.200. The van der Waals surface area contributed by atoms with Crippen molar-refractivity contribution in [3.8, 4) is 5.75 Å². The van der Waals surface area contributed by atoms with E-state index in [9.17, 15) is 14.8 Å². The number of benzene rings is 1. The number of fused-ring (bicyclic) bond motifs is 1. The Labute approximate surface area is 188 Å². The Morgan fingerprint density at radius 3 is 2.78 bits per heavy atom. The smallest absolute Gasteiger partial charge is 0.268 e. The summed E-state index contributed by atoms with van der Waals surface area (Å²) in [7, 11) is 0. The lowest BCUT2D eigenvalue weighted by Crippen LogP contribution is -2.40. The molecule has 3 rings (SSSR count). The zero-order valence-corrected chi connectivity index (χ0v) is 19.4. The molecule has 0 bridgehead atoms. The molecule has 1 saturated heterocycles. The van der Waals surface area contributed by atoms with Gasteiger partial charge in [-0.2, -0.15) is 0 Å². The second-order valence-electron chi connectivity index (χ2n) is 8.56. The molecule has 0 radical (unpaired) electrons. The van der Waals surface area contributed by atoms with Crippen molar-refractivity contribution in [2.75, 3.05) is 19.7 Å². The summed E-state index contributed by atoms with van der Waals surface area (Å²) in [4.78, 5) is 24.8. The molecule has 32 heavy (non-hydrogen) atoms. The van der Waals surface area contributed by atoms with Crippen molar-refractivity contribution in [1.82, 2.24) is 15.7 Å². The molecule has 1 aromatic heterocycles. The van der Waals surface area contributed by atoms with E-state index in [1.165, 1.54) is 0 Å². The molecule has 2 heterocycles. The Morgan fingerprint density at radius 1 is 1.38 bits per heavy atom. The van der Waals surface area contributed by atoms with Gasteiger partial charge in [-0.25, -0.2) is 5.06 Å². The lowest BCUT2D eigenvalue weighted by Gasteiger charge is -2.15. The minimum atomic E-state index is -0.741. The number of carbonyl (C=O) groups excluding carboxylic acids is 2. The van der Waals surface area contributed by atoms with Crippen LogP contribution in [0.15, 0.2) is 33.9 Å². The van der Waals surface area contributed by atoms with Crippen LogP contribution in [-0.4, -0.2) is 47.8 Å². The predicted octanol–water partition coefficient (Wildman–Crippen LogP) is 3.77. The number of ether oxygens (including phenoxy) is 1. The Morgan fingerprint density at radius 2 is 2.12 bits per heavy atom. The Bertz CT molecular complexity index is 1030. The number of nitrogens with one attached hydrogen (secondary N) is 2. The Kier molecular flexibility index (Phi) is 7.45. The molecule has 8 heteroatoms. The number of amides is 2. The van der Waals surface area contributed by atoms with Crippen LogP contribution in [0, 0.1) is 12.8 Å². The zero-order valence-electron chi connectivity index (χ0n) is 19.4. The molecule has 8 nitrogen and oxygen atoms in total. The molecule has 1 aliphatic rings. The van der Waals surface area contributed by atoms with Crippen molar-refractivity contribution < 1.29 is 24.0 Å². The van der Waals surface area contributed by atoms with Crippen molar-refractivity contribution in [2.45, 2.75) is 53.5 Å². The highest BCUT2D eigenvalue weighted by molar-refractivity contribution is 6.08. The van der Waals surface area contributed by atoms with E-state index in [1.54, 1.807) is 19.1 Å². The molecular formula is C24H33N3O5. The topological polar surface area (TPSA) is 104 Å². The van der Waals surface area contributed by atoms with Crippen LogP contribution in [0.4, 0.5) is 0 Å². The molecule has 1 aromatic carbocycles. The quantitative estimate of drug-likeness (QED) is 0.510. The average Bonchev–Trinajstić information content (AvgIpc) is 3.27. The molecule has 2 unspecified atom stereocenters. The number of aryl methyl sites for hydroxylation is 1. The predicted molar refractivity (Wildman–Crippen MR) is 122 cm³/mol. The summed E-state index contributed by atoms with van der Waals surface area (Å²) in [6.07, 6.45) is 1.49. The maximum atomic E-state index is 12.9. The van der Waals surface area contributed by atoms with Crippen LogP contribution in [0.1, 0.15) is 56.7 Å². The van der Waals surface area contributed by atoms with Crippen molar-refractivity contribution in [1.29, 1.82) is 0 Å². The largest absolute Gasteiger partial charge is 0.489 e. The average molecular weight is 444 g/mol. The number of nitrogens with zero attached hydrogens (tertiary/aromatic N) is 1. The third-order valence-corrected chi connectivity index (χ3v) is 6.06. The van der Waals surface area contributed by atoms with Gasteiger partial charge >= 0.3 is 0 Å². The van der Waals surface area contributed by atoms with Crippen LogP contribution in [0.3, 0.4) is 0 Å². The van der Waals surface area contributed by atoms with Gasteiger partial charge in [0, 0.05) is 17.6 Å². The first-order valence-corrected chi connectivity index (χ1v) is 11.1. The SMILES string of the molecule is CCC(C)CN/C(C)=C(\C)COc1ccc2oc(C)c(C(=O)NC3CCN(O)C3=O)c2c1. The third kappa shape index (κ3) is 5.24. The van der Waals surface area contributed by atoms with Crippen LogP contribution in [-0.2, 0) is 4.79 Å². The molecule has 0 aliphatic carbocycles. The third-order valence-electron chi connectivity index (χ3n) is 6.06. The monoisotopic (exact) mass is 443 g/mol. The second-order valence-corrected chi connectivity index (χ2v) is 8.56. The maximum absolute atomic E-state index is 12.9. The van der Waals surface area contributed by atoms with E-state index in [0.717, 1.165) is 24.2 Å². The summed E-state index contributed by atoms with van der Waals surface area (Å²) in [6.45, 7) is 11.7. The highest BCUT2D eigenvalue weighted by Gasteiger charge is 2.33. The van der Waals surface area contributed by atoms with Gasteiger partial charge in [0.25, 0.3) is 11.8 Å². The van der Waals surface area contributed by atoms with Crippen molar-refractivity contribution in [2.24, 2.45) is 5.92 Å². The van der Waals surface area contributed by atoms with E-state index in [-0.39, 0.29) is 6.54 Å². The van der Waals surface area contributed by atoms with Crippen molar-refractivity contribution in [3.63, 3.8) is 0 Å². The van der Waals surface area contributed by atoms with Crippen molar-refractivity contribution in [3.05, 3.63) is 40.8 Å². The number of rotatable bonds is 9. The van der Waals surface area contributed by atoms with Gasteiger partial charge in [-0.15, -0.1) is 0 Å². The highest BCUT2D eigenvalue weighted by atomic mass is 16.5. The molecule has 0 spiro atoms. The molecule has 2 amide bonds. The zero-order chi connectivity index (χ0) is 23.4. The summed E-state index contributed by atoms with van der Waals surface area (Å²) >= 11 is 0. The van der Waals surface area contributed by atoms with E-state index in [1.807, 2.05) is 19.9 Å². The summed E-state index contributed by atoms with van der Waals surface area (Å²) in [5, 5.41) is 16.9. The molecule has 3 N–H and O–H groups in total. The second kappa shape index (κ2) is 10.1. The summed E-state index contributed by atoms with van der Waals surface area (Å²) < 4.78 is 11.7. The van der Waals surface area contributed by atoms with E-state index >= 15 is 0 Å². The Hall–Kier alpha value is -3.00. The van der Waals surface area contributed by atoms with Crippen LogP contribution < -0.4 is 15.4 Å². The van der Waals surface area contributed by atoms with Crippen LogP contribution in [0.2, 0.25) is 0 Å². The van der Waals surface area contributed by atoms with Gasteiger partial charge in [-0.3, -0.25) is 14.8 Å². The van der Waals surface area contributed by atoms with Gasteiger partial charge in [-0.05, 0) is 56.9 Å². The summed E-state index contributed by atoms with van der Waals surface area (Å²) in [5.41, 5.74) is 3.14. The summed E-state index contributed by atoms with van der Waals surface area (Å²) in [5.74, 6) is 0.776. The standard InChI is InChI=1S/C24H33N3O5/c1-6-14(2)12-25-16(4)15(3)13-31-18-7-8-21-19(11-18)22(17(5)32-21)23(28)26-20-9-10-27(30)24(20)29/h7-8,11,14,20,25,30H,6,9-10,12-13H2,1-5H3,(H,26,28)/b16-15+. The Balaban J connectivity index is 1.72. The lowest BCUT2D eigenvalue weighted by atomic mass is 10.1. The minimum Gasteiger partial charge on any atom is -0.489 e. The van der Waals surface area contributed by atoms with E-state index in [0.29, 0.717) is 52.1 Å². The fourth-order valence-electron chi connectivity index (χ4n) is 3.52. The number of hydroxylamine groups is 2. The van der Waals surface area contributed by atoms with E-state index in [4.69, 9.17) is 9.15 Å². The van der Waals surface area contributed by atoms with Gasteiger partial charge in [0.15, 0.2) is 0 Å². The maximum Gasteiger partial charge on any atom is 0.268 e. The number of carbonyl (C=O) groups is 2. The highest BCUT2D eigenvalue weighted by Crippen LogP contribution is 2.29. The van der Waals surface area contributed by atoms with Gasteiger partial charge in [0.05, 0.1) is 12.1 Å². The molecule has 2 atom stereocenters. The molecule has 1 fully saturated rings. The van der Waals surface area contributed by atoms with Crippen LogP contribution in [0.25, 0.3) is 11.0 Å². The molecule has 2 aromatic rings. The van der Waals surface area contributed by atoms with Gasteiger partial charge in [0.1, 0.15) is 29.7 Å². The van der Waals surface area contributed by atoms with Crippen LogP contribution >= 0.6 is 0 Å². The fraction of sp³-hybridized carbons (Fsp3) is 0.500. The number of allylic oxidation sites excluding steroid dienone is 1. The van der Waals surface area contributed by atoms with Crippen molar-refractivity contribution >= 4 is 22.8 Å². The normalized spacial score (nSPS) is 18.0.